The smallest absolute Gasteiger partial charge is 0.318 e. The molecule has 2 heterocycles. The van der Waals surface area contributed by atoms with Gasteiger partial charge in [0.1, 0.15) is 5.54 Å². The lowest BCUT2D eigenvalue weighted by molar-refractivity contribution is 0.182. The van der Waals surface area contributed by atoms with Crippen LogP contribution in [0, 0.1) is 0 Å². The molecule has 2 amide bonds. The van der Waals surface area contributed by atoms with E-state index in [9.17, 15) is 4.79 Å². The van der Waals surface area contributed by atoms with Crippen LogP contribution < -0.4 is 10.6 Å². The number of urea groups is 1. The third-order valence-electron chi connectivity index (χ3n) is 5.23. The first kappa shape index (κ1) is 17.8. The number of nitrogens with zero attached hydrogens (tertiary/aromatic N) is 1. The molecule has 4 nitrogen and oxygen atoms in total. The molecule has 4 rings (SSSR count). The second-order valence-electron chi connectivity index (χ2n) is 6.70. The van der Waals surface area contributed by atoms with Crippen LogP contribution in [0.4, 0.5) is 4.79 Å². The van der Waals surface area contributed by atoms with Crippen molar-refractivity contribution in [3.8, 4) is 0 Å². The van der Waals surface area contributed by atoms with Gasteiger partial charge in [-0.05, 0) is 30.5 Å². The van der Waals surface area contributed by atoms with Crippen molar-refractivity contribution in [1.29, 1.82) is 0 Å². The first-order chi connectivity index (χ1) is 11.8. The number of benzene rings is 2. The van der Waals surface area contributed by atoms with Crippen molar-refractivity contribution < 1.29 is 4.79 Å². The van der Waals surface area contributed by atoms with Crippen LogP contribution in [0.5, 0.6) is 0 Å². The highest BCUT2D eigenvalue weighted by molar-refractivity contribution is 5.85. The molecule has 0 bridgehead atoms. The van der Waals surface area contributed by atoms with Gasteiger partial charge in [0.05, 0.1) is 6.54 Å². The predicted octanol–water partition coefficient (Wildman–Crippen LogP) is 3.13. The standard InChI is InChI=1S/C20H23N3O.ClH/c24-19-22-20(16-8-3-1-4-9-16,17-10-5-2-6-11-17)15-23(19)18-12-7-13-21-14-18;/h1-6,8-11,18,21H,7,12-15H2,(H,22,24);1H/t18-;/m0./s1. The van der Waals surface area contributed by atoms with Gasteiger partial charge in [0, 0.05) is 12.6 Å². The van der Waals surface area contributed by atoms with Crippen LogP contribution in [0.3, 0.4) is 0 Å². The molecule has 2 saturated heterocycles. The van der Waals surface area contributed by atoms with E-state index in [2.05, 4.69) is 34.9 Å². The predicted molar refractivity (Wildman–Crippen MR) is 102 cm³/mol. The molecule has 0 aliphatic carbocycles. The molecule has 25 heavy (non-hydrogen) atoms. The Hall–Kier alpha value is -2.04. The van der Waals surface area contributed by atoms with Crippen molar-refractivity contribution in [1.82, 2.24) is 15.5 Å². The van der Waals surface area contributed by atoms with E-state index in [1.54, 1.807) is 0 Å². The van der Waals surface area contributed by atoms with Crippen molar-refractivity contribution >= 4 is 18.4 Å². The summed E-state index contributed by atoms with van der Waals surface area (Å²) in [5, 5.41) is 6.72. The average Bonchev–Trinajstić information content (AvgIpc) is 3.03. The van der Waals surface area contributed by atoms with Gasteiger partial charge in [0.2, 0.25) is 0 Å². The molecule has 0 unspecified atom stereocenters. The number of nitrogens with one attached hydrogen (secondary N) is 2. The van der Waals surface area contributed by atoms with Crippen LogP contribution in [-0.4, -0.2) is 36.6 Å². The van der Waals surface area contributed by atoms with Crippen LogP contribution in [0.25, 0.3) is 0 Å². The fraction of sp³-hybridized carbons (Fsp3) is 0.350. The maximum atomic E-state index is 12.8. The minimum atomic E-state index is -0.475. The van der Waals surface area contributed by atoms with E-state index in [-0.39, 0.29) is 24.5 Å². The van der Waals surface area contributed by atoms with Crippen LogP contribution in [-0.2, 0) is 5.54 Å². The quantitative estimate of drug-likeness (QED) is 0.886. The Morgan fingerprint density at radius 2 is 1.56 bits per heavy atom. The van der Waals surface area contributed by atoms with Gasteiger partial charge in [0.25, 0.3) is 0 Å². The van der Waals surface area contributed by atoms with Gasteiger partial charge in [-0.15, -0.1) is 12.4 Å². The van der Waals surface area contributed by atoms with Crippen LogP contribution in [0.1, 0.15) is 24.0 Å². The summed E-state index contributed by atoms with van der Waals surface area (Å²) in [6.45, 7) is 2.60. The Bertz CT molecular complexity index is 662. The van der Waals surface area contributed by atoms with Crippen LogP contribution in [0.2, 0.25) is 0 Å². The Morgan fingerprint density at radius 3 is 2.08 bits per heavy atom. The van der Waals surface area contributed by atoms with E-state index in [4.69, 9.17) is 0 Å². The Balaban J connectivity index is 0.00000182. The van der Waals surface area contributed by atoms with E-state index in [1.165, 1.54) is 0 Å². The van der Waals surface area contributed by atoms with E-state index in [0.717, 1.165) is 37.1 Å². The topological polar surface area (TPSA) is 44.4 Å². The molecule has 132 valence electrons. The minimum Gasteiger partial charge on any atom is -0.323 e. The van der Waals surface area contributed by atoms with Crippen molar-refractivity contribution in [2.24, 2.45) is 0 Å². The Morgan fingerprint density at radius 1 is 0.960 bits per heavy atom. The molecular weight excluding hydrogens is 334 g/mol. The lowest BCUT2D eigenvalue weighted by Crippen LogP contribution is -2.47. The summed E-state index contributed by atoms with van der Waals surface area (Å²) < 4.78 is 0. The van der Waals surface area contributed by atoms with Crippen molar-refractivity contribution in [2.45, 2.75) is 24.4 Å². The first-order valence-electron chi connectivity index (χ1n) is 8.70. The average molecular weight is 358 g/mol. The van der Waals surface area contributed by atoms with Crippen LogP contribution >= 0.6 is 12.4 Å². The summed E-state index contributed by atoms with van der Waals surface area (Å²) in [6, 6.07) is 20.9. The zero-order valence-corrected chi connectivity index (χ0v) is 15.0. The molecule has 2 fully saturated rings. The number of piperidine rings is 1. The number of hydrogen-bond donors (Lipinski definition) is 2. The zero-order valence-electron chi connectivity index (χ0n) is 14.2. The maximum absolute atomic E-state index is 12.8. The summed E-state index contributed by atoms with van der Waals surface area (Å²) >= 11 is 0. The number of halogens is 1. The third-order valence-corrected chi connectivity index (χ3v) is 5.23. The molecule has 2 aliphatic heterocycles. The van der Waals surface area contributed by atoms with Gasteiger partial charge < -0.3 is 15.5 Å². The summed E-state index contributed by atoms with van der Waals surface area (Å²) in [7, 11) is 0. The highest BCUT2D eigenvalue weighted by atomic mass is 35.5. The summed E-state index contributed by atoms with van der Waals surface area (Å²) in [5.74, 6) is 0. The van der Waals surface area contributed by atoms with Gasteiger partial charge >= 0.3 is 6.03 Å². The summed E-state index contributed by atoms with van der Waals surface area (Å²) in [5.41, 5.74) is 1.79. The molecule has 2 aliphatic rings. The lowest BCUT2D eigenvalue weighted by atomic mass is 9.83. The fourth-order valence-electron chi connectivity index (χ4n) is 3.95. The largest absolute Gasteiger partial charge is 0.323 e. The molecular formula is C20H24ClN3O. The van der Waals surface area contributed by atoms with Gasteiger partial charge in [-0.3, -0.25) is 0 Å². The third kappa shape index (κ3) is 3.24. The SMILES string of the molecule is Cl.O=C1NC(c2ccccc2)(c2ccccc2)CN1[C@H]1CCCNC1. The molecule has 0 radical (unpaired) electrons. The van der Waals surface area contributed by atoms with E-state index < -0.39 is 5.54 Å². The molecule has 5 heteroatoms. The number of rotatable bonds is 3. The monoisotopic (exact) mass is 357 g/mol. The Labute approximate surface area is 155 Å². The highest BCUT2D eigenvalue weighted by Crippen LogP contribution is 2.36. The number of carbonyl (C=O) groups is 1. The lowest BCUT2D eigenvalue weighted by Gasteiger charge is -2.33. The first-order valence-corrected chi connectivity index (χ1v) is 8.70. The molecule has 2 N–H and O–H groups in total. The van der Waals surface area contributed by atoms with Gasteiger partial charge in [-0.2, -0.15) is 0 Å². The highest BCUT2D eigenvalue weighted by Gasteiger charge is 2.47. The summed E-state index contributed by atoms with van der Waals surface area (Å²) in [4.78, 5) is 14.8. The molecule has 0 spiro atoms. The molecule has 1 atom stereocenters. The molecule has 2 aromatic carbocycles. The minimum absolute atomic E-state index is 0. The van der Waals surface area contributed by atoms with Crippen molar-refractivity contribution in [2.75, 3.05) is 19.6 Å². The number of amides is 2. The Kier molecular flexibility index (Phi) is 5.30. The van der Waals surface area contributed by atoms with E-state index >= 15 is 0 Å². The zero-order chi connectivity index (χ0) is 16.4. The van der Waals surface area contributed by atoms with Crippen molar-refractivity contribution in [3.05, 3.63) is 71.8 Å². The molecule has 0 saturated carbocycles. The van der Waals surface area contributed by atoms with Crippen molar-refractivity contribution in [3.63, 3.8) is 0 Å². The molecule has 2 aromatic rings. The second kappa shape index (κ2) is 7.46. The van der Waals surface area contributed by atoms with E-state index in [1.807, 2.05) is 41.3 Å². The van der Waals surface area contributed by atoms with E-state index in [0.29, 0.717) is 6.54 Å². The second-order valence-corrected chi connectivity index (χ2v) is 6.70. The molecule has 0 aromatic heterocycles. The number of carbonyl (C=O) groups excluding carboxylic acids is 1. The fourth-order valence-corrected chi connectivity index (χ4v) is 3.95. The maximum Gasteiger partial charge on any atom is 0.318 e. The van der Waals surface area contributed by atoms with Gasteiger partial charge in [0.15, 0.2) is 0 Å². The normalized spacial score (nSPS) is 22.2. The van der Waals surface area contributed by atoms with Gasteiger partial charge in [-0.25, -0.2) is 4.79 Å². The van der Waals surface area contributed by atoms with Crippen LogP contribution in [0.15, 0.2) is 60.7 Å². The summed E-state index contributed by atoms with van der Waals surface area (Å²) in [6.07, 6.45) is 2.19. The van der Waals surface area contributed by atoms with Gasteiger partial charge in [-0.1, -0.05) is 60.7 Å². The number of hydrogen-bond acceptors (Lipinski definition) is 2.